The molecule has 0 saturated carbocycles. The monoisotopic (exact) mass is 407 g/mol. The van der Waals surface area contributed by atoms with Crippen LogP contribution in [0.1, 0.15) is 53.6 Å². The molecule has 3 heterocycles. The number of imidazole rings is 1. The third-order valence-electron chi connectivity index (χ3n) is 5.60. The molecule has 1 N–H and O–H groups in total. The summed E-state index contributed by atoms with van der Waals surface area (Å²) in [6.07, 6.45) is 5.36. The van der Waals surface area contributed by atoms with E-state index >= 15 is 0 Å². The molecule has 1 aromatic carbocycles. The molecule has 0 bridgehead atoms. The molecular weight excluding hydrogens is 378 g/mol. The van der Waals surface area contributed by atoms with Crippen LogP contribution in [0.25, 0.3) is 27.0 Å². The molecule has 0 spiro atoms. The lowest BCUT2D eigenvalue weighted by molar-refractivity contribution is 0.300. The summed E-state index contributed by atoms with van der Waals surface area (Å²) in [6, 6.07) is 8.59. The summed E-state index contributed by atoms with van der Waals surface area (Å²) >= 11 is 1.81. The van der Waals surface area contributed by atoms with Gasteiger partial charge in [-0.05, 0) is 57.2 Å². The van der Waals surface area contributed by atoms with Gasteiger partial charge in [-0.3, -0.25) is 0 Å². The van der Waals surface area contributed by atoms with E-state index in [1.165, 1.54) is 50.9 Å². The van der Waals surface area contributed by atoms with Crippen molar-refractivity contribution in [3.63, 3.8) is 0 Å². The van der Waals surface area contributed by atoms with Crippen molar-refractivity contribution in [3.8, 4) is 11.3 Å². The van der Waals surface area contributed by atoms with Gasteiger partial charge in [-0.15, -0.1) is 11.3 Å². The van der Waals surface area contributed by atoms with Crippen LogP contribution in [0.2, 0.25) is 0 Å². The highest BCUT2D eigenvalue weighted by Gasteiger charge is 2.21. The van der Waals surface area contributed by atoms with Crippen LogP contribution in [0.4, 0.5) is 0 Å². The molecule has 0 aliphatic heterocycles. The normalized spacial score (nSPS) is 11.8. The van der Waals surface area contributed by atoms with Crippen molar-refractivity contribution in [2.75, 3.05) is 6.61 Å². The van der Waals surface area contributed by atoms with Crippen molar-refractivity contribution in [1.29, 1.82) is 0 Å². The number of rotatable bonds is 7. The molecule has 29 heavy (non-hydrogen) atoms. The van der Waals surface area contributed by atoms with Crippen molar-refractivity contribution in [3.05, 3.63) is 51.7 Å². The molecule has 0 atom stereocenters. The Balaban J connectivity index is 1.94. The van der Waals surface area contributed by atoms with Gasteiger partial charge in [0.25, 0.3) is 0 Å². The third kappa shape index (κ3) is 3.58. The maximum absolute atomic E-state index is 9.45. The Hall–Kier alpha value is -2.24. The van der Waals surface area contributed by atoms with Crippen LogP contribution in [0.15, 0.2) is 24.3 Å². The molecular formula is C24H29N3OS. The number of hydrogen-bond acceptors (Lipinski definition) is 4. The van der Waals surface area contributed by atoms with E-state index in [-0.39, 0.29) is 6.61 Å². The van der Waals surface area contributed by atoms with Gasteiger partial charge in [0.05, 0.1) is 17.1 Å². The van der Waals surface area contributed by atoms with Crippen LogP contribution < -0.4 is 0 Å². The SMILES string of the molecule is CCCCCc1cc(C)nn2c(-c3c(C)sc4c(CCO)cccc34)c(C)nc12. The largest absolute Gasteiger partial charge is 0.396 e. The van der Waals surface area contributed by atoms with Crippen LogP contribution >= 0.6 is 11.3 Å². The minimum absolute atomic E-state index is 0.169. The van der Waals surface area contributed by atoms with Gasteiger partial charge in [0, 0.05) is 27.1 Å². The number of aliphatic hydroxyl groups is 1. The second-order valence-electron chi connectivity index (χ2n) is 7.85. The molecule has 4 nitrogen and oxygen atoms in total. The second-order valence-corrected chi connectivity index (χ2v) is 9.07. The van der Waals surface area contributed by atoms with Crippen LogP contribution in [0.3, 0.4) is 0 Å². The lowest BCUT2D eigenvalue weighted by Crippen LogP contribution is -2.01. The number of aromatic nitrogens is 3. The Morgan fingerprint density at radius 2 is 1.90 bits per heavy atom. The van der Waals surface area contributed by atoms with Gasteiger partial charge in [0.2, 0.25) is 0 Å². The molecule has 3 aromatic heterocycles. The van der Waals surface area contributed by atoms with Gasteiger partial charge in [-0.1, -0.05) is 38.0 Å². The average molecular weight is 408 g/mol. The van der Waals surface area contributed by atoms with Crippen molar-refractivity contribution >= 4 is 27.1 Å². The first-order chi connectivity index (χ1) is 14.0. The minimum atomic E-state index is 0.169. The number of benzene rings is 1. The first-order valence-electron chi connectivity index (χ1n) is 10.5. The average Bonchev–Trinajstić information content (AvgIpc) is 3.18. The summed E-state index contributed by atoms with van der Waals surface area (Å²) in [7, 11) is 0. The first kappa shape index (κ1) is 20.0. The van der Waals surface area contributed by atoms with E-state index in [4.69, 9.17) is 10.1 Å². The van der Waals surface area contributed by atoms with Gasteiger partial charge in [0.15, 0.2) is 5.65 Å². The zero-order chi connectivity index (χ0) is 20.5. The van der Waals surface area contributed by atoms with Gasteiger partial charge < -0.3 is 5.11 Å². The lowest BCUT2D eigenvalue weighted by atomic mass is 10.0. The smallest absolute Gasteiger partial charge is 0.157 e. The Kier molecular flexibility index (Phi) is 5.70. The van der Waals surface area contributed by atoms with Gasteiger partial charge in [-0.25, -0.2) is 9.50 Å². The molecule has 4 aromatic rings. The molecule has 5 heteroatoms. The van der Waals surface area contributed by atoms with Crippen LogP contribution in [-0.2, 0) is 12.8 Å². The summed E-state index contributed by atoms with van der Waals surface area (Å²) in [5.74, 6) is 0. The van der Waals surface area contributed by atoms with Crippen molar-refractivity contribution in [1.82, 2.24) is 14.6 Å². The number of thiophene rings is 1. The van der Waals surface area contributed by atoms with E-state index in [0.29, 0.717) is 6.42 Å². The maximum atomic E-state index is 9.45. The van der Waals surface area contributed by atoms with Crippen LogP contribution in [0.5, 0.6) is 0 Å². The number of aliphatic hydroxyl groups excluding tert-OH is 1. The zero-order valence-electron chi connectivity index (χ0n) is 17.7. The molecule has 0 unspecified atom stereocenters. The summed E-state index contributed by atoms with van der Waals surface area (Å²) in [6.45, 7) is 8.75. The number of unbranched alkanes of at least 4 members (excludes halogenated alkanes) is 2. The van der Waals surface area contributed by atoms with Gasteiger partial charge >= 0.3 is 0 Å². The van der Waals surface area contributed by atoms with Crippen molar-refractivity contribution < 1.29 is 5.11 Å². The Morgan fingerprint density at radius 1 is 1.07 bits per heavy atom. The topological polar surface area (TPSA) is 50.4 Å². The van der Waals surface area contributed by atoms with Crippen molar-refractivity contribution in [2.45, 2.75) is 59.8 Å². The second kappa shape index (κ2) is 8.25. The zero-order valence-corrected chi connectivity index (χ0v) is 18.6. The van der Waals surface area contributed by atoms with E-state index in [9.17, 15) is 5.11 Å². The number of nitrogens with zero attached hydrogens (tertiary/aromatic N) is 3. The molecule has 0 amide bonds. The van der Waals surface area contributed by atoms with Crippen LogP contribution in [0, 0.1) is 20.8 Å². The highest BCUT2D eigenvalue weighted by molar-refractivity contribution is 7.19. The first-order valence-corrected chi connectivity index (χ1v) is 11.3. The molecule has 0 aliphatic carbocycles. The highest BCUT2D eigenvalue weighted by atomic mass is 32.1. The molecule has 0 aliphatic rings. The predicted molar refractivity (Wildman–Crippen MR) is 122 cm³/mol. The molecule has 0 saturated heterocycles. The lowest BCUT2D eigenvalue weighted by Gasteiger charge is -2.08. The number of fused-ring (bicyclic) bond motifs is 2. The summed E-state index contributed by atoms with van der Waals surface area (Å²) in [4.78, 5) is 6.23. The van der Waals surface area contributed by atoms with Gasteiger partial charge in [0.1, 0.15) is 0 Å². The Labute approximate surface area is 176 Å². The van der Waals surface area contributed by atoms with E-state index in [1.807, 2.05) is 0 Å². The molecule has 152 valence electrons. The van der Waals surface area contributed by atoms with Crippen LogP contribution in [-0.4, -0.2) is 26.3 Å². The number of hydrogen-bond donors (Lipinski definition) is 1. The quantitative estimate of drug-likeness (QED) is 0.394. The Bertz CT molecular complexity index is 1170. The third-order valence-corrected chi connectivity index (χ3v) is 6.79. The fourth-order valence-electron chi connectivity index (χ4n) is 4.27. The summed E-state index contributed by atoms with van der Waals surface area (Å²) in [5, 5.41) is 15.6. The predicted octanol–water partition coefficient (Wildman–Crippen LogP) is 5.80. The summed E-state index contributed by atoms with van der Waals surface area (Å²) < 4.78 is 3.33. The standard InChI is InChI=1S/C24H29N3OS/c1-5-6-7-9-19-14-15(2)26-27-22(16(3)25-24(19)27)21-17(4)29-23-18(12-13-28)10-8-11-20(21)23/h8,10-11,14,28H,5-7,9,12-13H2,1-4H3. The molecule has 0 radical (unpaired) electrons. The maximum Gasteiger partial charge on any atom is 0.157 e. The van der Waals surface area contributed by atoms with E-state index in [1.54, 1.807) is 11.3 Å². The highest BCUT2D eigenvalue weighted by Crippen LogP contribution is 2.41. The molecule has 0 fully saturated rings. The van der Waals surface area contributed by atoms with E-state index in [0.717, 1.165) is 29.1 Å². The van der Waals surface area contributed by atoms with Gasteiger partial charge in [-0.2, -0.15) is 5.10 Å². The van der Waals surface area contributed by atoms with E-state index in [2.05, 4.69) is 56.5 Å². The Morgan fingerprint density at radius 3 is 2.66 bits per heavy atom. The van der Waals surface area contributed by atoms with E-state index < -0.39 is 0 Å². The number of aryl methyl sites for hydroxylation is 4. The minimum Gasteiger partial charge on any atom is -0.396 e. The fraction of sp³-hybridized carbons (Fsp3) is 0.417. The molecule has 4 rings (SSSR count). The fourth-order valence-corrected chi connectivity index (χ4v) is 5.47. The van der Waals surface area contributed by atoms with Crippen molar-refractivity contribution in [2.24, 2.45) is 0 Å². The summed E-state index contributed by atoms with van der Waals surface area (Å²) in [5.41, 5.74) is 7.87.